The molecule has 184 valence electrons. The molecule has 0 bridgehead atoms. The molecule has 0 atom stereocenters. The lowest BCUT2D eigenvalue weighted by Crippen LogP contribution is -2.37. The van der Waals surface area contributed by atoms with E-state index in [2.05, 4.69) is 5.32 Å². The van der Waals surface area contributed by atoms with Crippen molar-refractivity contribution in [2.24, 2.45) is 0 Å². The lowest BCUT2D eigenvalue weighted by atomic mass is 10.2. The van der Waals surface area contributed by atoms with Crippen LogP contribution in [-0.2, 0) is 14.8 Å². The van der Waals surface area contributed by atoms with Crippen molar-refractivity contribution in [1.82, 2.24) is 14.5 Å². The summed E-state index contributed by atoms with van der Waals surface area (Å²) in [4.78, 5) is 38.9. The molecule has 2 fully saturated rings. The molecule has 2 aromatic carbocycles. The molecule has 0 unspecified atom stereocenters. The molecule has 8 nitrogen and oxygen atoms in total. The highest BCUT2D eigenvalue weighted by Gasteiger charge is 2.34. The molecule has 2 aliphatic rings. The fraction of sp³-hybridized carbons (Fsp3) is 0.292. The Hall–Kier alpha value is -2.66. The Kier molecular flexibility index (Phi) is 7.95. The van der Waals surface area contributed by atoms with Crippen LogP contribution in [0.1, 0.15) is 35.2 Å². The van der Waals surface area contributed by atoms with Gasteiger partial charge in [0.1, 0.15) is 0 Å². The van der Waals surface area contributed by atoms with Crippen molar-refractivity contribution in [1.29, 1.82) is 0 Å². The average Bonchev–Trinajstić information content (AvgIpc) is 3.13. The molecule has 2 heterocycles. The van der Waals surface area contributed by atoms with Gasteiger partial charge in [-0.15, -0.1) is 0 Å². The maximum Gasteiger partial charge on any atom is 0.293 e. The van der Waals surface area contributed by atoms with Gasteiger partial charge in [-0.25, -0.2) is 8.42 Å². The second-order valence-electron chi connectivity index (χ2n) is 8.10. The number of nitrogens with one attached hydrogen (secondary N) is 1. The number of nitrogens with zero attached hydrogens (tertiary/aromatic N) is 2. The first-order chi connectivity index (χ1) is 16.8. The lowest BCUT2D eigenvalue weighted by Gasteiger charge is -2.25. The van der Waals surface area contributed by atoms with Crippen LogP contribution in [0.4, 0.5) is 4.79 Å². The summed E-state index contributed by atoms with van der Waals surface area (Å²) in [7, 11) is -3.57. The summed E-state index contributed by atoms with van der Waals surface area (Å²) in [5.41, 5.74) is 0.925. The number of halogens is 1. The van der Waals surface area contributed by atoms with Gasteiger partial charge in [0.25, 0.3) is 17.1 Å². The number of hydrogen-bond donors (Lipinski definition) is 1. The number of benzene rings is 2. The summed E-state index contributed by atoms with van der Waals surface area (Å²) in [6.07, 6.45) is 4.29. The van der Waals surface area contributed by atoms with Gasteiger partial charge < -0.3 is 5.32 Å². The molecule has 0 aliphatic carbocycles. The van der Waals surface area contributed by atoms with Gasteiger partial charge in [0, 0.05) is 36.8 Å². The van der Waals surface area contributed by atoms with Crippen LogP contribution < -0.4 is 5.32 Å². The van der Waals surface area contributed by atoms with Crippen LogP contribution in [0.25, 0.3) is 6.08 Å². The van der Waals surface area contributed by atoms with Gasteiger partial charge in [-0.2, -0.15) is 4.31 Å². The van der Waals surface area contributed by atoms with E-state index in [4.69, 9.17) is 11.6 Å². The Morgan fingerprint density at radius 3 is 2.40 bits per heavy atom. The van der Waals surface area contributed by atoms with Gasteiger partial charge in [0.05, 0.1) is 9.80 Å². The number of imide groups is 1. The highest BCUT2D eigenvalue weighted by atomic mass is 35.5. The van der Waals surface area contributed by atoms with E-state index >= 15 is 0 Å². The van der Waals surface area contributed by atoms with Gasteiger partial charge in [0.15, 0.2) is 0 Å². The number of rotatable bonds is 7. The maximum absolute atomic E-state index is 12.8. The van der Waals surface area contributed by atoms with Crippen molar-refractivity contribution in [3.63, 3.8) is 0 Å². The predicted octanol–water partition coefficient (Wildman–Crippen LogP) is 3.98. The zero-order valence-electron chi connectivity index (χ0n) is 18.8. The summed E-state index contributed by atoms with van der Waals surface area (Å²) in [5, 5.41) is 2.72. The first-order valence-corrected chi connectivity index (χ1v) is 13.8. The minimum atomic E-state index is -3.57. The van der Waals surface area contributed by atoms with Crippen molar-refractivity contribution >= 4 is 56.5 Å². The summed E-state index contributed by atoms with van der Waals surface area (Å²) < 4.78 is 27.0. The first kappa shape index (κ1) is 25.4. The molecule has 0 aromatic heterocycles. The third kappa shape index (κ3) is 5.78. The van der Waals surface area contributed by atoms with Crippen LogP contribution in [0.3, 0.4) is 0 Å². The smallest absolute Gasteiger partial charge is 0.293 e. The number of amides is 3. The highest BCUT2D eigenvalue weighted by molar-refractivity contribution is 8.18. The highest BCUT2D eigenvalue weighted by Crippen LogP contribution is 2.33. The quantitative estimate of drug-likeness (QED) is 0.540. The second kappa shape index (κ2) is 10.9. The summed E-state index contributed by atoms with van der Waals surface area (Å²) >= 11 is 6.95. The molecular formula is C24H24ClN3O5S2. The molecule has 2 aromatic rings. The van der Waals surface area contributed by atoms with Crippen molar-refractivity contribution in [3.05, 3.63) is 69.6 Å². The Bertz CT molecular complexity index is 1270. The Morgan fingerprint density at radius 1 is 1.03 bits per heavy atom. The fourth-order valence-electron chi connectivity index (χ4n) is 3.84. The summed E-state index contributed by atoms with van der Waals surface area (Å²) in [6, 6.07) is 12.8. The molecule has 0 saturated carbocycles. The van der Waals surface area contributed by atoms with E-state index in [9.17, 15) is 22.8 Å². The van der Waals surface area contributed by atoms with Gasteiger partial charge in [-0.1, -0.05) is 36.2 Å². The van der Waals surface area contributed by atoms with Gasteiger partial charge in [-0.05, 0) is 66.6 Å². The van der Waals surface area contributed by atoms with E-state index in [1.54, 1.807) is 30.3 Å². The number of carbonyl (C=O) groups is 3. The minimum absolute atomic E-state index is 0.0116. The molecule has 1 N–H and O–H groups in total. The molecule has 0 radical (unpaired) electrons. The molecule has 2 aliphatic heterocycles. The normalized spacial score (nSPS) is 18.3. The third-order valence-corrected chi connectivity index (χ3v) is 8.92. The topological polar surface area (TPSA) is 104 Å². The molecule has 4 rings (SSSR count). The van der Waals surface area contributed by atoms with E-state index in [-0.39, 0.29) is 28.5 Å². The van der Waals surface area contributed by atoms with Crippen molar-refractivity contribution in [3.8, 4) is 0 Å². The number of thioether (sulfide) groups is 1. The number of sulfonamides is 1. The van der Waals surface area contributed by atoms with Crippen molar-refractivity contribution in [2.45, 2.75) is 24.2 Å². The largest absolute Gasteiger partial charge is 0.350 e. The SMILES string of the molecule is O=C(NCCN1C(=O)S/C(=C/c2ccccc2Cl)C1=O)c1ccc(S(=O)(=O)N2CCCCC2)cc1. The number of piperidine rings is 1. The molecule has 11 heteroatoms. The lowest BCUT2D eigenvalue weighted by molar-refractivity contribution is -0.122. The van der Waals surface area contributed by atoms with E-state index in [0.717, 1.165) is 35.9 Å². The van der Waals surface area contributed by atoms with Crippen molar-refractivity contribution in [2.75, 3.05) is 26.2 Å². The van der Waals surface area contributed by atoms with E-state index < -0.39 is 27.1 Å². The van der Waals surface area contributed by atoms with Gasteiger partial charge in [-0.3, -0.25) is 19.3 Å². The fourth-order valence-corrected chi connectivity index (χ4v) is 6.41. The Balaban J connectivity index is 1.33. The molecule has 3 amide bonds. The number of carbonyl (C=O) groups excluding carboxylic acids is 3. The summed E-state index contributed by atoms with van der Waals surface area (Å²) in [6.45, 7) is 1.08. The Labute approximate surface area is 213 Å². The van der Waals surface area contributed by atoms with Crippen LogP contribution in [0.15, 0.2) is 58.3 Å². The monoisotopic (exact) mass is 533 g/mol. The van der Waals surface area contributed by atoms with Crippen molar-refractivity contribution < 1.29 is 22.8 Å². The molecule has 35 heavy (non-hydrogen) atoms. The summed E-state index contributed by atoms with van der Waals surface area (Å²) in [5.74, 6) is -0.869. The maximum atomic E-state index is 12.8. The van der Waals surface area contributed by atoms with Crippen LogP contribution in [0.2, 0.25) is 5.02 Å². The first-order valence-electron chi connectivity index (χ1n) is 11.2. The van der Waals surface area contributed by atoms with Gasteiger partial charge in [0.2, 0.25) is 10.0 Å². The zero-order chi connectivity index (χ0) is 25.0. The van der Waals surface area contributed by atoms with Crippen LogP contribution >= 0.6 is 23.4 Å². The van der Waals surface area contributed by atoms with E-state index in [0.29, 0.717) is 23.7 Å². The van der Waals surface area contributed by atoms with Crippen LogP contribution in [0.5, 0.6) is 0 Å². The van der Waals surface area contributed by atoms with Gasteiger partial charge >= 0.3 is 0 Å². The molecular weight excluding hydrogens is 510 g/mol. The van der Waals surface area contributed by atoms with E-state index in [1.807, 2.05) is 0 Å². The van der Waals surface area contributed by atoms with Crippen LogP contribution in [0, 0.1) is 0 Å². The second-order valence-corrected chi connectivity index (χ2v) is 11.4. The standard InChI is InChI=1S/C24H24ClN3O5S2/c25-20-7-3-2-6-18(20)16-21-23(30)28(24(31)34-21)15-12-26-22(29)17-8-10-19(11-9-17)35(32,33)27-13-4-1-5-14-27/h2-3,6-11,16H,1,4-5,12-15H2,(H,26,29)/b21-16+. The predicted molar refractivity (Wildman–Crippen MR) is 136 cm³/mol. The van der Waals surface area contributed by atoms with Crippen LogP contribution in [-0.4, -0.2) is 60.9 Å². The molecule has 0 spiro atoms. The zero-order valence-corrected chi connectivity index (χ0v) is 21.2. The third-order valence-electron chi connectivity index (χ3n) is 5.76. The average molecular weight is 534 g/mol. The number of hydrogen-bond acceptors (Lipinski definition) is 6. The molecule has 2 saturated heterocycles. The minimum Gasteiger partial charge on any atom is -0.350 e. The van der Waals surface area contributed by atoms with E-state index in [1.165, 1.54) is 28.6 Å². The Morgan fingerprint density at radius 2 is 1.71 bits per heavy atom.